The summed E-state index contributed by atoms with van der Waals surface area (Å²) in [5, 5.41) is -0.130. The Balaban J connectivity index is 1.52. The number of fused-ring (bicyclic) bond motifs is 1. The van der Waals surface area contributed by atoms with Gasteiger partial charge in [-0.1, -0.05) is 36.4 Å². The molecule has 0 radical (unpaired) electrons. The highest BCUT2D eigenvalue weighted by molar-refractivity contribution is 5.97. The number of para-hydroxylation sites is 1. The third-order valence-electron chi connectivity index (χ3n) is 5.72. The van der Waals surface area contributed by atoms with Crippen molar-refractivity contribution in [3.8, 4) is 0 Å². The second kappa shape index (κ2) is 7.97. The first-order chi connectivity index (χ1) is 14.3. The van der Waals surface area contributed by atoms with E-state index in [0.717, 1.165) is 31.5 Å². The van der Waals surface area contributed by atoms with Crippen LogP contribution in [0.25, 0.3) is 10.9 Å². The van der Waals surface area contributed by atoms with E-state index in [0.29, 0.717) is 19.0 Å². The number of nitrogens with one attached hydrogen (secondary N) is 1. The topological polar surface area (TPSA) is 53.2 Å². The molecule has 0 atom stereocenters. The van der Waals surface area contributed by atoms with Gasteiger partial charge < -0.3 is 9.88 Å². The van der Waals surface area contributed by atoms with Gasteiger partial charge in [0.15, 0.2) is 0 Å². The summed E-state index contributed by atoms with van der Waals surface area (Å²) in [5.74, 6) is 0.0226. The lowest BCUT2D eigenvalue weighted by atomic mass is 9.90. The standard InChI is InChI=1S/C23H21F3N2O2/c24-23(25,26)19-8-4-7-17-20(19)27-14-18(21(17)29)22(30)28-11-9-16(10-12-28)13-15-5-2-1-3-6-15/h1-8,14,16H,9-13H2,(H,27,29). The van der Waals surface area contributed by atoms with Crippen molar-refractivity contribution in [1.29, 1.82) is 0 Å². The first-order valence-corrected chi connectivity index (χ1v) is 9.89. The van der Waals surface area contributed by atoms with Gasteiger partial charge in [0.1, 0.15) is 5.56 Å². The number of H-pyrrole nitrogens is 1. The molecule has 4 rings (SSSR count). The lowest BCUT2D eigenvalue weighted by Crippen LogP contribution is -2.40. The lowest BCUT2D eigenvalue weighted by Gasteiger charge is -2.32. The number of alkyl halides is 3. The van der Waals surface area contributed by atoms with Gasteiger partial charge in [0.2, 0.25) is 5.43 Å². The number of carbonyl (C=O) groups excluding carboxylic acids is 1. The number of aromatic amines is 1. The monoisotopic (exact) mass is 414 g/mol. The van der Waals surface area contributed by atoms with Crippen molar-refractivity contribution >= 4 is 16.8 Å². The fourth-order valence-corrected chi connectivity index (χ4v) is 4.11. The normalized spacial score (nSPS) is 15.5. The third-order valence-corrected chi connectivity index (χ3v) is 5.72. The van der Waals surface area contributed by atoms with Crippen molar-refractivity contribution in [2.24, 2.45) is 5.92 Å². The molecule has 3 aromatic rings. The number of piperidine rings is 1. The molecule has 2 heterocycles. The Hall–Kier alpha value is -3.09. The molecule has 1 amide bonds. The lowest BCUT2D eigenvalue weighted by molar-refractivity contribution is -0.136. The van der Waals surface area contributed by atoms with Crippen LogP contribution in [-0.2, 0) is 12.6 Å². The summed E-state index contributed by atoms with van der Waals surface area (Å²) in [6.07, 6.45) is -0.888. The Morgan fingerprint density at radius 2 is 1.73 bits per heavy atom. The predicted octanol–water partition coefficient (Wildman–Crippen LogP) is 4.64. The molecule has 7 heteroatoms. The van der Waals surface area contributed by atoms with Gasteiger partial charge in [0.25, 0.3) is 5.91 Å². The van der Waals surface area contributed by atoms with Crippen LogP contribution in [0.1, 0.15) is 34.3 Å². The number of rotatable bonds is 3. The maximum atomic E-state index is 13.2. The largest absolute Gasteiger partial charge is 0.418 e. The molecule has 1 saturated heterocycles. The Morgan fingerprint density at radius 3 is 2.40 bits per heavy atom. The number of pyridine rings is 1. The molecule has 0 saturated carbocycles. The molecule has 4 nitrogen and oxygen atoms in total. The van der Waals surface area contributed by atoms with E-state index in [4.69, 9.17) is 0 Å². The zero-order chi connectivity index (χ0) is 21.3. The van der Waals surface area contributed by atoms with Gasteiger partial charge in [-0.2, -0.15) is 13.2 Å². The van der Waals surface area contributed by atoms with Crippen LogP contribution >= 0.6 is 0 Å². The summed E-state index contributed by atoms with van der Waals surface area (Å²) in [5.41, 5.74) is -0.755. The van der Waals surface area contributed by atoms with Crippen LogP contribution in [0.2, 0.25) is 0 Å². The van der Waals surface area contributed by atoms with Crippen LogP contribution in [0.5, 0.6) is 0 Å². The number of hydrogen-bond donors (Lipinski definition) is 1. The number of amides is 1. The minimum Gasteiger partial charge on any atom is -0.360 e. The molecule has 1 aromatic heterocycles. The average molecular weight is 414 g/mol. The van der Waals surface area contributed by atoms with Crippen LogP contribution in [0.4, 0.5) is 13.2 Å². The quantitative estimate of drug-likeness (QED) is 0.679. The van der Waals surface area contributed by atoms with Crippen LogP contribution < -0.4 is 5.43 Å². The minimum atomic E-state index is -4.59. The van der Waals surface area contributed by atoms with E-state index in [1.54, 1.807) is 4.90 Å². The van der Waals surface area contributed by atoms with Gasteiger partial charge in [0, 0.05) is 24.7 Å². The van der Waals surface area contributed by atoms with E-state index in [1.165, 1.54) is 17.7 Å². The van der Waals surface area contributed by atoms with E-state index in [1.807, 2.05) is 18.2 Å². The minimum absolute atomic E-state index is 0.122. The van der Waals surface area contributed by atoms with Gasteiger partial charge in [-0.3, -0.25) is 9.59 Å². The number of benzene rings is 2. The molecular weight excluding hydrogens is 393 g/mol. The van der Waals surface area contributed by atoms with Crippen molar-refractivity contribution < 1.29 is 18.0 Å². The van der Waals surface area contributed by atoms with Crippen LogP contribution in [0.15, 0.2) is 59.5 Å². The molecule has 1 N–H and O–H groups in total. The highest BCUT2D eigenvalue weighted by Crippen LogP contribution is 2.33. The number of carbonyl (C=O) groups is 1. The Morgan fingerprint density at radius 1 is 1.03 bits per heavy atom. The van der Waals surface area contributed by atoms with Crippen molar-refractivity contribution in [1.82, 2.24) is 9.88 Å². The number of likely N-dealkylation sites (tertiary alicyclic amines) is 1. The number of hydrogen-bond acceptors (Lipinski definition) is 2. The van der Waals surface area contributed by atoms with E-state index >= 15 is 0 Å². The summed E-state index contributed by atoms with van der Waals surface area (Å²) in [4.78, 5) is 29.8. The number of halogens is 3. The smallest absolute Gasteiger partial charge is 0.360 e. The first kappa shape index (κ1) is 20.2. The second-order valence-electron chi connectivity index (χ2n) is 7.68. The molecule has 1 aliphatic heterocycles. The summed E-state index contributed by atoms with van der Waals surface area (Å²) < 4.78 is 39.6. The van der Waals surface area contributed by atoms with Gasteiger partial charge in [-0.05, 0) is 42.9 Å². The summed E-state index contributed by atoms with van der Waals surface area (Å²) in [7, 11) is 0. The molecule has 1 aliphatic rings. The molecule has 0 spiro atoms. The average Bonchev–Trinajstić information content (AvgIpc) is 2.74. The molecule has 0 aliphatic carbocycles. The molecule has 0 unspecified atom stereocenters. The van der Waals surface area contributed by atoms with E-state index in [9.17, 15) is 22.8 Å². The van der Waals surface area contributed by atoms with E-state index < -0.39 is 23.1 Å². The zero-order valence-electron chi connectivity index (χ0n) is 16.2. The highest BCUT2D eigenvalue weighted by atomic mass is 19.4. The highest BCUT2D eigenvalue weighted by Gasteiger charge is 2.34. The van der Waals surface area contributed by atoms with Crippen LogP contribution in [0, 0.1) is 5.92 Å². The molecule has 156 valence electrons. The fraction of sp³-hybridized carbons (Fsp3) is 0.304. The van der Waals surface area contributed by atoms with Gasteiger partial charge in [-0.15, -0.1) is 0 Å². The van der Waals surface area contributed by atoms with Crippen molar-refractivity contribution in [2.75, 3.05) is 13.1 Å². The maximum absolute atomic E-state index is 13.2. The van der Waals surface area contributed by atoms with Crippen molar-refractivity contribution in [3.05, 3.63) is 81.6 Å². The molecule has 2 aromatic carbocycles. The van der Waals surface area contributed by atoms with Gasteiger partial charge in [-0.25, -0.2) is 0 Å². The zero-order valence-corrected chi connectivity index (χ0v) is 16.2. The molecule has 1 fully saturated rings. The Labute approximate surface area is 171 Å². The van der Waals surface area contributed by atoms with Crippen LogP contribution in [0.3, 0.4) is 0 Å². The second-order valence-corrected chi connectivity index (χ2v) is 7.68. The van der Waals surface area contributed by atoms with E-state index in [2.05, 4.69) is 17.1 Å². The van der Waals surface area contributed by atoms with Gasteiger partial charge >= 0.3 is 6.18 Å². The summed E-state index contributed by atoms with van der Waals surface area (Å²) in [6.45, 7) is 1.05. The third kappa shape index (κ3) is 3.97. The van der Waals surface area contributed by atoms with Gasteiger partial charge in [0.05, 0.1) is 11.1 Å². The summed E-state index contributed by atoms with van der Waals surface area (Å²) in [6, 6.07) is 13.6. The molecule has 0 bridgehead atoms. The van der Waals surface area contributed by atoms with Crippen LogP contribution in [-0.4, -0.2) is 28.9 Å². The molecule has 30 heavy (non-hydrogen) atoms. The van der Waals surface area contributed by atoms with Crippen molar-refractivity contribution in [3.63, 3.8) is 0 Å². The fourth-order valence-electron chi connectivity index (χ4n) is 4.11. The Bertz CT molecular complexity index is 1110. The maximum Gasteiger partial charge on any atom is 0.418 e. The number of aromatic nitrogens is 1. The SMILES string of the molecule is O=C(c1c[nH]c2c(C(F)(F)F)cccc2c1=O)N1CCC(Cc2ccccc2)CC1. The first-order valence-electron chi connectivity index (χ1n) is 9.89. The number of nitrogens with zero attached hydrogens (tertiary/aromatic N) is 1. The summed E-state index contributed by atoms with van der Waals surface area (Å²) >= 11 is 0. The predicted molar refractivity (Wildman–Crippen MR) is 108 cm³/mol. The Kier molecular flexibility index (Phi) is 5.37. The van der Waals surface area contributed by atoms with Crippen molar-refractivity contribution in [2.45, 2.75) is 25.4 Å². The van der Waals surface area contributed by atoms with E-state index in [-0.39, 0.29) is 16.5 Å². The molecular formula is C23H21F3N2O2.